The highest BCUT2D eigenvalue weighted by Gasteiger charge is 2.32. The molecule has 3 unspecified atom stereocenters. The van der Waals surface area contributed by atoms with E-state index >= 15 is 0 Å². The summed E-state index contributed by atoms with van der Waals surface area (Å²) < 4.78 is 14.5. The number of rotatable bonds is 4. The lowest BCUT2D eigenvalue weighted by Crippen LogP contribution is -2.53. The fourth-order valence-electron chi connectivity index (χ4n) is 3.03. The zero-order valence-electron chi connectivity index (χ0n) is 12.5. The minimum atomic E-state index is -0.172. The third-order valence-electron chi connectivity index (χ3n) is 4.44. The maximum absolute atomic E-state index is 13.5. The summed E-state index contributed by atoms with van der Waals surface area (Å²) in [7, 11) is 0. The predicted octanol–water partition coefficient (Wildman–Crippen LogP) is 4.19. The Morgan fingerprint density at radius 3 is 2.85 bits per heavy atom. The molecule has 1 N–H and O–H groups in total. The van der Waals surface area contributed by atoms with Gasteiger partial charge < -0.3 is 10.2 Å². The van der Waals surface area contributed by atoms with Gasteiger partial charge in [-0.3, -0.25) is 0 Å². The van der Waals surface area contributed by atoms with Crippen LogP contribution in [0.25, 0.3) is 0 Å². The first-order valence-corrected chi connectivity index (χ1v) is 8.29. The van der Waals surface area contributed by atoms with Crippen molar-refractivity contribution in [2.24, 2.45) is 5.92 Å². The first kappa shape index (κ1) is 15.8. The molecule has 0 amide bonds. The Kier molecular flexibility index (Phi) is 5.44. The van der Waals surface area contributed by atoms with E-state index in [9.17, 15) is 4.39 Å². The SMILES string of the molecule is CCCNC1CCN(c2cc(F)ccc2Br)C(C)C1C. The standard InChI is InChI=1S/C16H24BrFN2/c1-4-8-19-15-7-9-20(12(3)11(15)2)16-10-13(18)5-6-14(16)17/h5-6,10-12,15,19H,4,7-9H2,1-3H3. The van der Waals surface area contributed by atoms with E-state index in [1.807, 2.05) is 0 Å². The minimum absolute atomic E-state index is 0.172. The molecule has 0 bridgehead atoms. The van der Waals surface area contributed by atoms with Crippen LogP contribution in [0.4, 0.5) is 10.1 Å². The molecular formula is C16H24BrFN2. The molecule has 0 saturated carbocycles. The van der Waals surface area contributed by atoms with Crippen molar-refractivity contribution in [1.29, 1.82) is 0 Å². The van der Waals surface area contributed by atoms with Crippen LogP contribution in [0.1, 0.15) is 33.6 Å². The number of nitrogens with zero attached hydrogens (tertiary/aromatic N) is 1. The highest BCUT2D eigenvalue weighted by molar-refractivity contribution is 9.10. The van der Waals surface area contributed by atoms with Crippen LogP contribution in [-0.4, -0.2) is 25.2 Å². The average Bonchev–Trinajstić information content (AvgIpc) is 2.43. The number of anilines is 1. The fraction of sp³-hybridized carbons (Fsp3) is 0.625. The Balaban J connectivity index is 2.13. The van der Waals surface area contributed by atoms with Crippen molar-refractivity contribution in [3.8, 4) is 0 Å². The van der Waals surface area contributed by atoms with Gasteiger partial charge in [-0.15, -0.1) is 0 Å². The van der Waals surface area contributed by atoms with Gasteiger partial charge >= 0.3 is 0 Å². The van der Waals surface area contributed by atoms with E-state index in [0.717, 1.165) is 36.1 Å². The molecule has 0 aromatic heterocycles. The third kappa shape index (κ3) is 3.34. The molecule has 1 saturated heterocycles. The first-order chi connectivity index (χ1) is 9.54. The highest BCUT2D eigenvalue weighted by Crippen LogP contribution is 2.34. The van der Waals surface area contributed by atoms with Crippen molar-refractivity contribution < 1.29 is 4.39 Å². The molecule has 1 aliphatic rings. The van der Waals surface area contributed by atoms with Crippen molar-refractivity contribution in [3.63, 3.8) is 0 Å². The van der Waals surface area contributed by atoms with Gasteiger partial charge in [-0.1, -0.05) is 13.8 Å². The zero-order chi connectivity index (χ0) is 14.7. The monoisotopic (exact) mass is 342 g/mol. The van der Waals surface area contributed by atoms with Crippen LogP contribution >= 0.6 is 15.9 Å². The Morgan fingerprint density at radius 2 is 2.15 bits per heavy atom. The lowest BCUT2D eigenvalue weighted by atomic mass is 9.86. The van der Waals surface area contributed by atoms with Gasteiger partial charge in [-0.25, -0.2) is 4.39 Å². The third-order valence-corrected chi connectivity index (χ3v) is 5.11. The van der Waals surface area contributed by atoms with Crippen molar-refractivity contribution in [1.82, 2.24) is 5.32 Å². The molecule has 2 nitrogen and oxygen atoms in total. The average molecular weight is 343 g/mol. The zero-order valence-corrected chi connectivity index (χ0v) is 14.1. The van der Waals surface area contributed by atoms with Gasteiger partial charge in [0.05, 0.1) is 5.69 Å². The molecule has 1 aromatic carbocycles. The molecule has 4 heteroatoms. The van der Waals surface area contributed by atoms with Crippen LogP contribution in [0.2, 0.25) is 0 Å². The lowest BCUT2D eigenvalue weighted by molar-refractivity contribution is 0.271. The van der Waals surface area contributed by atoms with Crippen LogP contribution < -0.4 is 10.2 Å². The van der Waals surface area contributed by atoms with Gasteiger partial charge in [0.1, 0.15) is 5.82 Å². The van der Waals surface area contributed by atoms with Crippen LogP contribution in [-0.2, 0) is 0 Å². The van der Waals surface area contributed by atoms with E-state index < -0.39 is 0 Å². The summed E-state index contributed by atoms with van der Waals surface area (Å²) in [5.74, 6) is 0.375. The molecule has 1 fully saturated rings. The van der Waals surface area contributed by atoms with E-state index in [4.69, 9.17) is 0 Å². The van der Waals surface area contributed by atoms with Gasteiger partial charge in [-0.05, 0) is 66.4 Å². The molecule has 20 heavy (non-hydrogen) atoms. The van der Waals surface area contributed by atoms with Gasteiger partial charge in [0.15, 0.2) is 0 Å². The quantitative estimate of drug-likeness (QED) is 0.882. The van der Waals surface area contributed by atoms with Gasteiger partial charge in [0.25, 0.3) is 0 Å². The molecule has 1 aliphatic heterocycles. The normalized spacial score (nSPS) is 26.9. The minimum Gasteiger partial charge on any atom is -0.367 e. The molecule has 0 aliphatic carbocycles. The van der Waals surface area contributed by atoms with Crippen LogP contribution in [0.15, 0.2) is 22.7 Å². The van der Waals surface area contributed by atoms with E-state index in [0.29, 0.717) is 18.0 Å². The Hall–Kier alpha value is -0.610. The van der Waals surface area contributed by atoms with Gasteiger partial charge in [0.2, 0.25) is 0 Å². The van der Waals surface area contributed by atoms with Gasteiger partial charge in [0, 0.05) is 23.1 Å². The summed E-state index contributed by atoms with van der Waals surface area (Å²) in [4.78, 5) is 2.32. The Bertz CT molecular complexity index is 452. The Morgan fingerprint density at radius 1 is 1.40 bits per heavy atom. The predicted molar refractivity (Wildman–Crippen MR) is 86.8 cm³/mol. The summed E-state index contributed by atoms with van der Waals surface area (Å²) in [5.41, 5.74) is 0.971. The topological polar surface area (TPSA) is 15.3 Å². The number of piperidine rings is 1. The number of nitrogens with one attached hydrogen (secondary N) is 1. The molecule has 0 spiro atoms. The summed E-state index contributed by atoms with van der Waals surface area (Å²) >= 11 is 3.55. The summed E-state index contributed by atoms with van der Waals surface area (Å²) in [5, 5.41) is 3.64. The summed E-state index contributed by atoms with van der Waals surface area (Å²) in [6.45, 7) is 8.76. The molecule has 1 aromatic rings. The maximum atomic E-state index is 13.5. The van der Waals surface area contributed by atoms with E-state index in [2.05, 4.69) is 46.9 Å². The van der Waals surface area contributed by atoms with E-state index in [-0.39, 0.29) is 5.82 Å². The second-order valence-corrected chi connectivity index (χ2v) is 6.59. The van der Waals surface area contributed by atoms with Crippen LogP contribution in [0.3, 0.4) is 0 Å². The van der Waals surface area contributed by atoms with Crippen LogP contribution in [0, 0.1) is 11.7 Å². The molecular weight excluding hydrogens is 319 g/mol. The maximum Gasteiger partial charge on any atom is 0.125 e. The largest absolute Gasteiger partial charge is 0.367 e. The van der Waals surface area contributed by atoms with Gasteiger partial charge in [-0.2, -0.15) is 0 Å². The smallest absolute Gasteiger partial charge is 0.125 e. The van der Waals surface area contributed by atoms with Crippen molar-refractivity contribution in [2.45, 2.75) is 45.7 Å². The Labute approximate surface area is 129 Å². The fourth-order valence-corrected chi connectivity index (χ4v) is 3.50. The van der Waals surface area contributed by atoms with Crippen molar-refractivity contribution in [3.05, 3.63) is 28.5 Å². The molecule has 3 atom stereocenters. The summed E-state index contributed by atoms with van der Waals surface area (Å²) in [6.07, 6.45) is 2.27. The lowest BCUT2D eigenvalue weighted by Gasteiger charge is -2.44. The first-order valence-electron chi connectivity index (χ1n) is 7.49. The molecule has 112 valence electrons. The second kappa shape index (κ2) is 6.90. The van der Waals surface area contributed by atoms with Crippen molar-refractivity contribution in [2.75, 3.05) is 18.0 Å². The number of benzene rings is 1. The van der Waals surface area contributed by atoms with Crippen molar-refractivity contribution >= 4 is 21.6 Å². The highest BCUT2D eigenvalue weighted by atomic mass is 79.9. The molecule has 2 rings (SSSR count). The molecule has 0 radical (unpaired) electrons. The summed E-state index contributed by atoms with van der Waals surface area (Å²) in [6, 6.07) is 5.89. The number of halogens is 2. The second-order valence-electron chi connectivity index (χ2n) is 5.74. The number of hydrogen-bond acceptors (Lipinski definition) is 2. The van der Waals surface area contributed by atoms with Crippen LogP contribution in [0.5, 0.6) is 0 Å². The number of hydrogen-bond donors (Lipinski definition) is 1. The van der Waals surface area contributed by atoms with E-state index in [1.54, 1.807) is 12.1 Å². The van der Waals surface area contributed by atoms with E-state index in [1.165, 1.54) is 6.07 Å². The molecule has 1 heterocycles.